The van der Waals surface area contributed by atoms with E-state index in [1.54, 1.807) is 0 Å². The fourth-order valence-corrected chi connectivity index (χ4v) is 2.91. The molecule has 5 nitrogen and oxygen atoms in total. The van der Waals surface area contributed by atoms with E-state index in [2.05, 4.69) is 21.8 Å². The molecule has 0 bridgehead atoms. The van der Waals surface area contributed by atoms with Crippen molar-refractivity contribution in [2.45, 2.75) is 51.2 Å². The number of β-amino-alcohol motifs (C(OH)–C–C–N with tert-alkyl or cyclic N) is 1. The molecule has 6 heteroatoms. The van der Waals surface area contributed by atoms with Gasteiger partial charge in [-0.2, -0.15) is 0 Å². The van der Waals surface area contributed by atoms with Crippen LogP contribution in [0.15, 0.2) is 0 Å². The van der Waals surface area contributed by atoms with E-state index in [0.29, 0.717) is 24.7 Å². The lowest BCUT2D eigenvalue weighted by Gasteiger charge is -2.37. The van der Waals surface area contributed by atoms with Crippen LogP contribution < -0.4 is 0 Å². The molecule has 1 aliphatic heterocycles. The van der Waals surface area contributed by atoms with Gasteiger partial charge in [0.25, 0.3) is 0 Å². The van der Waals surface area contributed by atoms with Crippen LogP contribution in [0.1, 0.15) is 44.1 Å². The Balaban J connectivity index is 1.97. The topological polar surface area (TPSA) is 72.4 Å². The third-order valence-electron chi connectivity index (χ3n) is 3.85. The number of nitrogens with zero attached hydrogens (tertiary/aromatic N) is 2. The third-order valence-corrected chi connectivity index (χ3v) is 4.17. The van der Waals surface area contributed by atoms with Gasteiger partial charge >= 0.3 is 0 Å². The van der Waals surface area contributed by atoms with Crippen molar-refractivity contribution in [3.63, 3.8) is 0 Å². The van der Waals surface area contributed by atoms with Gasteiger partial charge in [0.05, 0.1) is 12.3 Å². The maximum absolute atomic E-state index is 10.2. The molecule has 0 saturated carbocycles. The largest absolute Gasteiger partial charge is 0.393 e. The van der Waals surface area contributed by atoms with E-state index in [1.807, 2.05) is 0 Å². The number of rotatable bonds is 6. The quantitative estimate of drug-likeness (QED) is 0.748. The van der Waals surface area contributed by atoms with Gasteiger partial charge in [-0.25, -0.2) is 4.98 Å². The molecule has 2 rings (SSSR count). The van der Waals surface area contributed by atoms with Gasteiger partial charge in [-0.3, -0.25) is 4.90 Å². The van der Waals surface area contributed by atoms with E-state index >= 15 is 0 Å². The highest BCUT2D eigenvalue weighted by Gasteiger charge is 2.32. The first-order valence-corrected chi connectivity index (χ1v) is 7.73. The number of aliphatic hydroxyl groups excluding tert-OH is 1. The van der Waals surface area contributed by atoms with E-state index in [4.69, 9.17) is 11.6 Å². The molecule has 0 aliphatic carbocycles. The Morgan fingerprint density at radius 1 is 1.50 bits per heavy atom. The minimum Gasteiger partial charge on any atom is -0.393 e. The number of hydrogen-bond acceptors (Lipinski definition) is 4. The van der Waals surface area contributed by atoms with Crippen molar-refractivity contribution < 1.29 is 10.2 Å². The Morgan fingerprint density at radius 2 is 2.30 bits per heavy atom. The molecule has 20 heavy (non-hydrogen) atoms. The predicted octanol–water partition coefficient (Wildman–Crippen LogP) is 1.72. The molecule has 0 radical (unpaired) electrons. The van der Waals surface area contributed by atoms with Crippen LogP contribution in [0.2, 0.25) is 5.15 Å². The molecule has 1 saturated heterocycles. The van der Waals surface area contributed by atoms with Gasteiger partial charge in [-0.1, -0.05) is 24.9 Å². The van der Waals surface area contributed by atoms with Crippen LogP contribution in [-0.2, 0) is 13.0 Å². The van der Waals surface area contributed by atoms with Crippen LogP contribution in [0.5, 0.6) is 0 Å². The molecule has 114 valence electrons. The lowest BCUT2D eigenvalue weighted by molar-refractivity contribution is -0.0689. The first-order valence-electron chi connectivity index (χ1n) is 7.35. The maximum atomic E-state index is 10.2. The molecule has 1 atom stereocenters. The number of H-pyrrole nitrogens is 1. The van der Waals surface area contributed by atoms with Crippen molar-refractivity contribution in [1.82, 2.24) is 14.9 Å². The van der Waals surface area contributed by atoms with Gasteiger partial charge < -0.3 is 15.2 Å². The number of unbranched alkanes of at least 4 members (excludes halogenated alkanes) is 1. The Bertz CT molecular complexity index is 438. The van der Waals surface area contributed by atoms with E-state index in [9.17, 15) is 10.2 Å². The molecule has 1 aliphatic rings. The molecular formula is C14H24ClN3O2. The molecule has 0 aromatic carbocycles. The predicted molar refractivity (Wildman–Crippen MR) is 78.8 cm³/mol. The summed E-state index contributed by atoms with van der Waals surface area (Å²) in [7, 11) is 0. The Morgan fingerprint density at radius 3 is 3.00 bits per heavy atom. The highest BCUT2D eigenvalue weighted by atomic mass is 35.5. The highest BCUT2D eigenvalue weighted by molar-refractivity contribution is 6.30. The van der Waals surface area contributed by atoms with Crippen LogP contribution in [0.3, 0.4) is 0 Å². The lowest BCUT2D eigenvalue weighted by Crippen LogP contribution is -2.50. The lowest BCUT2D eigenvalue weighted by atomic mass is 9.94. The zero-order valence-corrected chi connectivity index (χ0v) is 12.8. The number of nitrogens with one attached hydrogen (secondary N) is 1. The fourth-order valence-electron chi connectivity index (χ4n) is 2.70. The number of aromatic amines is 1. The standard InChI is InChI=1S/C14H24ClN3O2/c1-2-3-5-12-16-11(13(15)17-12)8-18-7-4-6-14(20,9-18)10-19/h19-20H,2-10H2,1H3,(H,16,17)/t14-/m0/s1. The summed E-state index contributed by atoms with van der Waals surface area (Å²) < 4.78 is 0. The highest BCUT2D eigenvalue weighted by Crippen LogP contribution is 2.23. The minimum atomic E-state index is -0.976. The third kappa shape index (κ3) is 3.95. The van der Waals surface area contributed by atoms with Crippen molar-refractivity contribution in [2.24, 2.45) is 0 Å². The second-order valence-corrected chi connectivity index (χ2v) is 6.11. The second kappa shape index (κ2) is 6.89. The number of aliphatic hydroxyl groups is 2. The van der Waals surface area contributed by atoms with Crippen LogP contribution >= 0.6 is 11.6 Å². The molecule has 0 spiro atoms. The number of hydrogen-bond donors (Lipinski definition) is 3. The zero-order valence-electron chi connectivity index (χ0n) is 12.0. The van der Waals surface area contributed by atoms with Crippen molar-refractivity contribution in [3.8, 4) is 0 Å². The molecule has 1 aromatic rings. The summed E-state index contributed by atoms with van der Waals surface area (Å²) in [5, 5.41) is 20.0. The summed E-state index contributed by atoms with van der Waals surface area (Å²) in [5.74, 6) is 0.932. The summed E-state index contributed by atoms with van der Waals surface area (Å²) in [6.07, 6.45) is 4.67. The van der Waals surface area contributed by atoms with Crippen LogP contribution in [0.4, 0.5) is 0 Å². The molecule has 0 amide bonds. The average Bonchev–Trinajstić information content (AvgIpc) is 2.77. The van der Waals surface area contributed by atoms with E-state index in [0.717, 1.165) is 43.7 Å². The molecule has 3 N–H and O–H groups in total. The Kier molecular flexibility index (Phi) is 5.43. The molecular weight excluding hydrogens is 278 g/mol. The van der Waals surface area contributed by atoms with Gasteiger partial charge in [-0.15, -0.1) is 0 Å². The first-order chi connectivity index (χ1) is 9.56. The van der Waals surface area contributed by atoms with Gasteiger partial charge in [0.1, 0.15) is 11.4 Å². The number of halogens is 1. The molecule has 2 heterocycles. The summed E-state index contributed by atoms with van der Waals surface area (Å²) in [4.78, 5) is 9.74. The van der Waals surface area contributed by atoms with E-state index < -0.39 is 5.60 Å². The normalized spacial score (nSPS) is 24.2. The van der Waals surface area contributed by atoms with Gasteiger partial charge in [0, 0.05) is 19.5 Å². The smallest absolute Gasteiger partial charge is 0.151 e. The number of aryl methyl sites for hydroxylation is 1. The summed E-state index contributed by atoms with van der Waals surface area (Å²) in [6, 6.07) is 0. The molecule has 1 fully saturated rings. The maximum Gasteiger partial charge on any atom is 0.151 e. The number of aromatic nitrogens is 2. The summed E-state index contributed by atoms with van der Waals surface area (Å²) in [6.45, 7) is 3.97. The van der Waals surface area contributed by atoms with Crippen molar-refractivity contribution in [2.75, 3.05) is 19.7 Å². The van der Waals surface area contributed by atoms with Crippen molar-refractivity contribution in [1.29, 1.82) is 0 Å². The summed E-state index contributed by atoms with van der Waals surface area (Å²) in [5.41, 5.74) is -0.0737. The average molecular weight is 302 g/mol. The van der Waals surface area contributed by atoms with Crippen LogP contribution in [0.25, 0.3) is 0 Å². The summed E-state index contributed by atoms with van der Waals surface area (Å²) >= 11 is 6.17. The molecule has 1 aromatic heterocycles. The Labute approximate surface area is 125 Å². The van der Waals surface area contributed by atoms with Gasteiger partial charge in [-0.05, 0) is 25.8 Å². The first kappa shape index (κ1) is 15.8. The van der Waals surface area contributed by atoms with Gasteiger partial charge in [0.15, 0.2) is 5.15 Å². The van der Waals surface area contributed by atoms with Crippen molar-refractivity contribution >= 4 is 11.6 Å². The van der Waals surface area contributed by atoms with E-state index in [-0.39, 0.29) is 6.61 Å². The zero-order chi connectivity index (χ0) is 14.6. The fraction of sp³-hybridized carbons (Fsp3) is 0.786. The van der Waals surface area contributed by atoms with Crippen LogP contribution in [-0.4, -0.2) is 50.4 Å². The monoisotopic (exact) mass is 301 g/mol. The van der Waals surface area contributed by atoms with Crippen molar-refractivity contribution in [3.05, 3.63) is 16.7 Å². The minimum absolute atomic E-state index is 0.193. The Hall–Kier alpha value is -0.620. The number of likely N-dealkylation sites (tertiary alicyclic amines) is 1. The number of piperidine rings is 1. The van der Waals surface area contributed by atoms with Gasteiger partial charge in [0.2, 0.25) is 0 Å². The van der Waals surface area contributed by atoms with Crippen LogP contribution in [0, 0.1) is 0 Å². The molecule has 0 unspecified atom stereocenters. The number of imidazole rings is 1. The SMILES string of the molecule is CCCCc1nc(Cl)c(CN2CCC[C@@](O)(CO)C2)[nH]1. The van der Waals surface area contributed by atoms with E-state index in [1.165, 1.54) is 0 Å². The second-order valence-electron chi connectivity index (χ2n) is 5.75.